The van der Waals surface area contributed by atoms with Crippen LogP contribution in [0, 0.1) is 3.57 Å². The van der Waals surface area contributed by atoms with Crippen molar-refractivity contribution < 1.29 is 14.6 Å². The van der Waals surface area contributed by atoms with Crippen LogP contribution >= 0.6 is 34.4 Å². The van der Waals surface area contributed by atoms with Gasteiger partial charge >= 0.3 is 5.97 Å². The molecule has 0 atom stereocenters. The van der Waals surface area contributed by atoms with Crippen molar-refractivity contribution in [2.45, 2.75) is 9.79 Å². The van der Waals surface area contributed by atoms with E-state index < -0.39 is 0 Å². The van der Waals surface area contributed by atoms with Crippen LogP contribution in [-0.2, 0) is 4.74 Å². The van der Waals surface area contributed by atoms with E-state index in [1.165, 1.54) is 7.11 Å². The number of benzene rings is 2. The van der Waals surface area contributed by atoms with Crippen molar-refractivity contribution in [3.8, 4) is 5.75 Å². The summed E-state index contributed by atoms with van der Waals surface area (Å²) < 4.78 is 5.67. The predicted octanol–water partition coefficient (Wildman–Crippen LogP) is 3.93. The molecule has 0 unspecified atom stereocenters. The molecule has 0 aliphatic rings. The standard InChI is InChI=1S/C14H11IO3S/c1-18-14(17)9-2-7-13(12(15)8-9)19-11-5-3-10(16)4-6-11/h2-8,16H,1H3. The molecule has 5 heteroatoms. The molecule has 0 aromatic heterocycles. The van der Waals surface area contributed by atoms with Gasteiger partial charge in [-0.3, -0.25) is 0 Å². The zero-order valence-electron chi connectivity index (χ0n) is 10.1. The van der Waals surface area contributed by atoms with E-state index in [-0.39, 0.29) is 11.7 Å². The van der Waals surface area contributed by atoms with Crippen LogP contribution in [0.5, 0.6) is 5.75 Å². The van der Waals surface area contributed by atoms with Crippen LogP contribution < -0.4 is 0 Å². The third-order valence-electron chi connectivity index (χ3n) is 2.42. The number of hydrogen-bond acceptors (Lipinski definition) is 4. The second-order valence-electron chi connectivity index (χ2n) is 3.73. The Kier molecular flexibility index (Phi) is 4.71. The van der Waals surface area contributed by atoms with Crippen molar-refractivity contribution in [1.29, 1.82) is 0 Å². The molecule has 0 radical (unpaired) electrons. The topological polar surface area (TPSA) is 46.5 Å². The number of phenols is 1. The Balaban J connectivity index is 2.22. The number of carbonyl (C=O) groups excluding carboxylic acids is 1. The molecule has 0 aliphatic carbocycles. The summed E-state index contributed by atoms with van der Waals surface area (Å²) in [7, 11) is 1.37. The number of aromatic hydroxyl groups is 1. The van der Waals surface area contributed by atoms with Crippen LogP contribution in [0.25, 0.3) is 0 Å². The van der Waals surface area contributed by atoms with Gasteiger partial charge in [-0.15, -0.1) is 0 Å². The summed E-state index contributed by atoms with van der Waals surface area (Å²) in [6.45, 7) is 0. The van der Waals surface area contributed by atoms with E-state index in [1.54, 1.807) is 36.0 Å². The molecule has 1 N–H and O–H groups in total. The Morgan fingerprint density at radius 2 is 1.89 bits per heavy atom. The molecule has 0 heterocycles. The second-order valence-corrected chi connectivity index (χ2v) is 6.01. The molecular formula is C14H11IO3S. The van der Waals surface area contributed by atoms with Gasteiger partial charge in [0.05, 0.1) is 12.7 Å². The molecule has 0 fully saturated rings. The minimum Gasteiger partial charge on any atom is -0.508 e. The monoisotopic (exact) mass is 386 g/mol. The third kappa shape index (κ3) is 3.63. The number of methoxy groups -OCH3 is 1. The number of esters is 1. The van der Waals surface area contributed by atoms with Crippen LogP contribution in [0.15, 0.2) is 52.3 Å². The lowest BCUT2D eigenvalue weighted by atomic mass is 10.2. The van der Waals surface area contributed by atoms with Crippen molar-refractivity contribution >= 4 is 40.3 Å². The minimum atomic E-state index is -0.334. The van der Waals surface area contributed by atoms with Gasteiger partial charge in [0, 0.05) is 13.4 Å². The SMILES string of the molecule is COC(=O)c1ccc(Sc2ccc(O)cc2)c(I)c1. The normalized spacial score (nSPS) is 10.2. The highest BCUT2D eigenvalue weighted by Gasteiger charge is 2.09. The maximum Gasteiger partial charge on any atom is 0.337 e. The summed E-state index contributed by atoms with van der Waals surface area (Å²) in [6, 6.07) is 12.4. The fourth-order valence-electron chi connectivity index (χ4n) is 1.47. The maximum atomic E-state index is 11.4. The van der Waals surface area contributed by atoms with Crippen LogP contribution in [0.1, 0.15) is 10.4 Å². The summed E-state index contributed by atoms with van der Waals surface area (Å²) in [5.74, 6) is -0.0841. The van der Waals surface area contributed by atoms with E-state index >= 15 is 0 Å². The van der Waals surface area contributed by atoms with Gasteiger partial charge in [0.25, 0.3) is 0 Å². The van der Waals surface area contributed by atoms with Gasteiger partial charge < -0.3 is 9.84 Å². The Hall–Kier alpha value is -1.21. The van der Waals surface area contributed by atoms with Gasteiger partial charge in [-0.25, -0.2) is 4.79 Å². The molecule has 2 aromatic carbocycles. The van der Waals surface area contributed by atoms with Gasteiger partial charge in [0.2, 0.25) is 0 Å². The highest BCUT2D eigenvalue weighted by molar-refractivity contribution is 14.1. The summed E-state index contributed by atoms with van der Waals surface area (Å²) in [5, 5.41) is 9.24. The van der Waals surface area contributed by atoms with E-state index in [9.17, 15) is 9.90 Å². The first-order valence-corrected chi connectivity index (χ1v) is 7.34. The molecule has 0 bridgehead atoms. The summed E-state index contributed by atoms with van der Waals surface area (Å²) in [5.41, 5.74) is 0.543. The Morgan fingerprint density at radius 1 is 1.21 bits per heavy atom. The van der Waals surface area contributed by atoms with E-state index in [0.717, 1.165) is 13.4 Å². The predicted molar refractivity (Wildman–Crippen MR) is 82.7 cm³/mol. The number of phenolic OH excluding ortho intramolecular Hbond substituents is 1. The Bertz CT molecular complexity index is 596. The minimum absolute atomic E-state index is 0.250. The quantitative estimate of drug-likeness (QED) is 0.642. The van der Waals surface area contributed by atoms with Crippen LogP contribution in [-0.4, -0.2) is 18.2 Å². The lowest BCUT2D eigenvalue weighted by molar-refractivity contribution is 0.0600. The first-order valence-electron chi connectivity index (χ1n) is 5.45. The number of ether oxygens (including phenoxy) is 1. The van der Waals surface area contributed by atoms with Crippen LogP contribution in [0.2, 0.25) is 0 Å². The van der Waals surface area contributed by atoms with Crippen LogP contribution in [0.3, 0.4) is 0 Å². The first-order chi connectivity index (χ1) is 9.10. The van der Waals surface area contributed by atoms with Crippen molar-refractivity contribution in [2.24, 2.45) is 0 Å². The fourth-order valence-corrected chi connectivity index (χ4v) is 3.13. The largest absolute Gasteiger partial charge is 0.508 e. The van der Waals surface area contributed by atoms with Crippen LogP contribution in [0.4, 0.5) is 0 Å². The molecule has 3 nitrogen and oxygen atoms in total. The molecular weight excluding hydrogens is 375 g/mol. The van der Waals surface area contributed by atoms with Gasteiger partial charge in [0.1, 0.15) is 5.75 Å². The molecule has 19 heavy (non-hydrogen) atoms. The first kappa shape index (κ1) is 14.2. The van der Waals surface area contributed by atoms with E-state index in [2.05, 4.69) is 27.3 Å². The number of carbonyl (C=O) groups is 1. The molecule has 0 saturated heterocycles. The number of rotatable bonds is 3. The summed E-state index contributed by atoms with van der Waals surface area (Å²) >= 11 is 3.77. The summed E-state index contributed by atoms with van der Waals surface area (Å²) in [4.78, 5) is 13.5. The highest BCUT2D eigenvalue weighted by Crippen LogP contribution is 2.32. The van der Waals surface area contributed by atoms with Crippen molar-refractivity contribution in [2.75, 3.05) is 7.11 Å². The number of halogens is 1. The number of hydrogen-bond donors (Lipinski definition) is 1. The third-order valence-corrected chi connectivity index (χ3v) is 4.76. The zero-order chi connectivity index (χ0) is 13.8. The Labute approximate surface area is 129 Å². The van der Waals surface area contributed by atoms with Gasteiger partial charge in [-0.2, -0.15) is 0 Å². The van der Waals surface area contributed by atoms with Crippen molar-refractivity contribution in [3.05, 3.63) is 51.6 Å². The maximum absolute atomic E-state index is 11.4. The van der Waals surface area contributed by atoms with E-state index in [4.69, 9.17) is 0 Å². The van der Waals surface area contributed by atoms with Crippen molar-refractivity contribution in [1.82, 2.24) is 0 Å². The zero-order valence-corrected chi connectivity index (χ0v) is 13.1. The van der Waals surface area contributed by atoms with E-state index in [1.807, 2.05) is 18.2 Å². The molecule has 98 valence electrons. The highest BCUT2D eigenvalue weighted by atomic mass is 127. The smallest absolute Gasteiger partial charge is 0.337 e. The van der Waals surface area contributed by atoms with Gasteiger partial charge in [0.15, 0.2) is 0 Å². The average molecular weight is 386 g/mol. The fraction of sp³-hybridized carbons (Fsp3) is 0.0714. The van der Waals surface area contributed by atoms with Gasteiger partial charge in [-0.05, 0) is 65.1 Å². The molecule has 0 aliphatic heterocycles. The van der Waals surface area contributed by atoms with Gasteiger partial charge in [-0.1, -0.05) is 11.8 Å². The summed E-state index contributed by atoms with van der Waals surface area (Å²) in [6.07, 6.45) is 0. The molecule has 0 saturated carbocycles. The Morgan fingerprint density at radius 3 is 2.47 bits per heavy atom. The average Bonchev–Trinajstić information content (AvgIpc) is 2.42. The molecule has 0 spiro atoms. The van der Waals surface area contributed by atoms with E-state index in [0.29, 0.717) is 5.56 Å². The lowest BCUT2D eigenvalue weighted by Crippen LogP contribution is -2.01. The second kappa shape index (κ2) is 6.29. The molecule has 2 aromatic rings. The molecule has 2 rings (SSSR count). The molecule has 0 amide bonds. The van der Waals surface area contributed by atoms with Crippen molar-refractivity contribution in [3.63, 3.8) is 0 Å². The lowest BCUT2D eigenvalue weighted by Gasteiger charge is -2.06.